The normalized spacial score (nSPS) is 24.0. The molecule has 4 heterocycles. The Kier molecular flexibility index (Phi) is 7.64. The van der Waals surface area contributed by atoms with Crippen LogP contribution in [0.4, 0.5) is 11.5 Å². The molecule has 6 rings (SSSR count). The maximum atomic E-state index is 12.9. The largest absolute Gasteiger partial charge is 0.394 e. The molecule has 13 nitrogen and oxygen atoms in total. The highest BCUT2D eigenvalue weighted by Crippen LogP contribution is 2.48. The summed E-state index contributed by atoms with van der Waals surface area (Å²) < 4.78 is 7.13. The minimum Gasteiger partial charge on any atom is -0.394 e. The number of amides is 1. The number of aliphatic hydroxyl groups excluding tert-OH is 3. The van der Waals surface area contributed by atoms with E-state index >= 15 is 0 Å². The summed E-state index contributed by atoms with van der Waals surface area (Å²) in [5.41, 5.74) is 3.99. The molecule has 0 unspecified atom stereocenters. The van der Waals surface area contributed by atoms with E-state index < -0.39 is 42.2 Å². The molecule has 2 aliphatic rings. The van der Waals surface area contributed by atoms with Gasteiger partial charge in [0.05, 0.1) is 24.0 Å². The minimum absolute atomic E-state index is 0.166. The van der Waals surface area contributed by atoms with Crippen LogP contribution < -0.4 is 10.6 Å². The third-order valence-corrected chi connectivity index (χ3v) is 8.73. The van der Waals surface area contributed by atoms with Gasteiger partial charge < -0.3 is 35.9 Å². The molecule has 0 radical (unpaired) electrons. The van der Waals surface area contributed by atoms with Crippen LogP contribution in [-0.2, 0) is 22.2 Å². The summed E-state index contributed by atoms with van der Waals surface area (Å²) in [4.78, 5) is 25.9. The molecule has 2 aliphatic heterocycles. The Morgan fingerprint density at radius 3 is 2.41 bits per heavy atom. The van der Waals surface area contributed by atoms with E-state index in [9.17, 15) is 25.3 Å². The van der Waals surface area contributed by atoms with Gasteiger partial charge in [0.15, 0.2) is 23.2 Å². The maximum absolute atomic E-state index is 12.9. The van der Waals surface area contributed by atoms with Crippen LogP contribution in [0.1, 0.15) is 61.0 Å². The summed E-state index contributed by atoms with van der Waals surface area (Å²) in [6.45, 7) is 7.83. The van der Waals surface area contributed by atoms with E-state index in [2.05, 4.69) is 25.6 Å². The zero-order chi connectivity index (χ0) is 31.4. The molecule has 6 N–H and O–H groups in total. The predicted molar refractivity (Wildman–Crippen MR) is 160 cm³/mol. The van der Waals surface area contributed by atoms with Crippen LogP contribution in [0.2, 0.25) is 0 Å². The molecule has 0 spiro atoms. The summed E-state index contributed by atoms with van der Waals surface area (Å²) in [7, 11) is 0. The molecule has 1 saturated heterocycles. The Labute approximate surface area is 254 Å². The van der Waals surface area contributed by atoms with E-state index in [1.807, 2.05) is 64.1 Å². The Hall–Kier alpha value is -3.98. The number of rotatable bonds is 8. The molecule has 1 amide bonds. The molecule has 4 atom stereocenters. The molecule has 1 fully saturated rings. The fraction of sp³-hybridized carbons (Fsp3) is 0.419. The number of fused-ring (bicyclic) bond motifs is 2. The van der Waals surface area contributed by atoms with Crippen LogP contribution in [0.5, 0.6) is 0 Å². The summed E-state index contributed by atoms with van der Waals surface area (Å²) in [5, 5.41) is 48.3. The molecule has 232 valence electrons. The van der Waals surface area contributed by atoms with Crippen molar-refractivity contribution < 1.29 is 30.1 Å². The fourth-order valence-electron chi connectivity index (χ4n) is 6.21. The van der Waals surface area contributed by atoms with E-state index in [1.165, 1.54) is 22.3 Å². The summed E-state index contributed by atoms with van der Waals surface area (Å²) in [5.74, 6) is 0.283. The Morgan fingerprint density at radius 1 is 0.977 bits per heavy atom. The first-order valence-electron chi connectivity index (χ1n) is 14.5. The molecule has 0 aliphatic carbocycles. The number of hydrogen-bond donors (Lipinski definition) is 6. The molecular formula is C31H37N7O6. The van der Waals surface area contributed by atoms with Crippen LogP contribution in [0.15, 0.2) is 55.1 Å². The highest BCUT2D eigenvalue weighted by molar-refractivity contribution is 5.94. The smallest absolute Gasteiger partial charge is 0.251 e. The van der Waals surface area contributed by atoms with Crippen molar-refractivity contribution in [1.82, 2.24) is 29.9 Å². The second-order valence-electron chi connectivity index (χ2n) is 12.3. The van der Waals surface area contributed by atoms with Crippen LogP contribution in [-0.4, -0.2) is 82.5 Å². The molecule has 4 aromatic rings. The summed E-state index contributed by atoms with van der Waals surface area (Å²) >= 11 is 0. The number of imidazole rings is 1. The van der Waals surface area contributed by atoms with Crippen molar-refractivity contribution in [2.24, 2.45) is 0 Å². The number of hydroxylamine groups is 2. The lowest BCUT2D eigenvalue weighted by Gasteiger charge is -2.34. The number of nitrogens with one attached hydrogen (secondary N) is 2. The lowest BCUT2D eigenvalue weighted by Crippen LogP contribution is -2.42. The second kappa shape index (κ2) is 11.2. The quantitative estimate of drug-likeness (QED) is 0.174. The van der Waals surface area contributed by atoms with Crippen LogP contribution in [0.25, 0.3) is 11.2 Å². The SMILES string of the molecule is CC1(C)c2ccc(C(=O)NCCc3ccc(Nc4ncnc5c4ncn5[C@@H]4O[C@H](CO)[C@@H](O)[C@H]4O)cc3)cc2C(C)(C)N1O. The Balaban J connectivity index is 1.08. The van der Waals surface area contributed by atoms with E-state index in [4.69, 9.17) is 4.74 Å². The van der Waals surface area contributed by atoms with Crippen LogP contribution >= 0.6 is 0 Å². The average Bonchev–Trinajstić information content (AvgIpc) is 3.61. The first-order chi connectivity index (χ1) is 20.9. The minimum atomic E-state index is -1.26. The zero-order valence-corrected chi connectivity index (χ0v) is 25.0. The second-order valence-corrected chi connectivity index (χ2v) is 12.3. The molecule has 0 bridgehead atoms. The summed E-state index contributed by atoms with van der Waals surface area (Å²) in [6, 6.07) is 13.3. The summed E-state index contributed by atoms with van der Waals surface area (Å²) in [6.07, 6.45) is -0.910. The van der Waals surface area contributed by atoms with Crippen molar-refractivity contribution in [3.8, 4) is 0 Å². The number of aromatic nitrogens is 4. The van der Waals surface area contributed by atoms with Crippen molar-refractivity contribution in [2.75, 3.05) is 18.5 Å². The van der Waals surface area contributed by atoms with E-state index in [0.717, 1.165) is 22.4 Å². The van der Waals surface area contributed by atoms with Crippen molar-refractivity contribution >= 4 is 28.6 Å². The number of carbonyl (C=O) groups excluding carboxylic acids is 1. The van der Waals surface area contributed by atoms with Gasteiger partial charge in [-0.25, -0.2) is 15.0 Å². The Morgan fingerprint density at radius 2 is 1.70 bits per heavy atom. The first kappa shape index (κ1) is 30.1. The number of benzene rings is 2. The van der Waals surface area contributed by atoms with E-state index in [1.54, 1.807) is 6.07 Å². The lowest BCUT2D eigenvalue weighted by atomic mass is 9.89. The van der Waals surface area contributed by atoms with Crippen LogP contribution in [0.3, 0.4) is 0 Å². The van der Waals surface area contributed by atoms with Crippen molar-refractivity contribution in [3.05, 3.63) is 77.4 Å². The number of hydrogen-bond acceptors (Lipinski definition) is 11. The highest BCUT2D eigenvalue weighted by atomic mass is 16.6. The maximum Gasteiger partial charge on any atom is 0.251 e. The zero-order valence-electron chi connectivity index (χ0n) is 25.0. The average molecular weight is 604 g/mol. The number of nitrogens with zero attached hydrogens (tertiary/aromatic N) is 5. The van der Waals surface area contributed by atoms with Gasteiger partial charge in [-0.05, 0) is 75.1 Å². The highest BCUT2D eigenvalue weighted by Gasteiger charge is 2.49. The fourth-order valence-corrected chi connectivity index (χ4v) is 6.21. The van der Waals surface area contributed by atoms with Gasteiger partial charge in [-0.3, -0.25) is 9.36 Å². The van der Waals surface area contributed by atoms with E-state index in [-0.39, 0.29) is 5.91 Å². The molecule has 2 aromatic heterocycles. The number of aliphatic hydroxyl groups is 3. The molecule has 13 heteroatoms. The van der Waals surface area contributed by atoms with Gasteiger partial charge in [0.1, 0.15) is 24.6 Å². The molecular weight excluding hydrogens is 566 g/mol. The van der Waals surface area contributed by atoms with Gasteiger partial charge in [0.25, 0.3) is 5.91 Å². The number of anilines is 2. The van der Waals surface area contributed by atoms with Gasteiger partial charge in [-0.1, -0.05) is 18.2 Å². The van der Waals surface area contributed by atoms with Crippen molar-refractivity contribution in [2.45, 2.75) is 69.7 Å². The molecule has 0 saturated carbocycles. The number of ether oxygens (including phenoxy) is 1. The monoisotopic (exact) mass is 603 g/mol. The third kappa shape index (κ3) is 5.01. The predicted octanol–water partition coefficient (Wildman–Crippen LogP) is 2.33. The first-order valence-corrected chi connectivity index (χ1v) is 14.5. The molecule has 2 aromatic carbocycles. The molecule has 44 heavy (non-hydrogen) atoms. The van der Waals surface area contributed by atoms with Gasteiger partial charge >= 0.3 is 0 Å². The Bertz CT molecular complexity index is 1690. The van der Waals surface area contributed by atoms with Crippen LogP contribution in [0, 0.1) is 0 Å². The van der Waals surface area contributed by atoms with E-state index in [0.29, 0.717) is 35.5 Å². The third-order valence-electron chi connectivity index (χ3n) is 8.73. The van der Waals surface area contributed by atoms with Gasteiger partial charge in [0.2, 0.25) is 0 Å². The van der Waals surface area contributed by atoms with Gasteiger partial charge in [-0.2, -0.15) is 5.06 Å². The van der Waals surface area contributed by atoms with Gasteiger partial charge in [-0.15, -0.1) is 0 Å². The standard InChI is InChI=1S/C31H37N7O6/c1-30(2)20-10-7-18(13-21(20)31(3,4)38(30)43)28(42)32-12-11-17-5-8-19(9-6-17)36-26-23-27(34-15-33-26)37(16-35-23)29-25(41)24(40)22(14-39)44-29/h5-10,13,15-16,22,24-25,29,39-41,43H,11-12,14H2,1-4H3,(H,32,42)(H,33,34,36)/t22-,24-,25-,29-/m1/s1. The van der Waals surface area contributed by atoms with Crippen molar-refractivity contribution in [3.63, 3.8) is 0 Å². The van der Waals surface area contributed by atoms with Gasteiger partial charge in [0, 0.05) is 17.8 Å². The topological polar surface area (TPSA) is 178 Å². The number of carbonyl (C=O) groups is 1. The lowest BCUT2D eigenvalue weighted by molar-refractivity contribution is -0.216. The van der Waals surface area contributed by atoms with Crippen molar-refractivity contribution in [1.29, 1.82) is 0 Å².